The molecule has 0 radical (unpaired) electrons. The second-order valence-electron chi connectivity index (χ2n) is 3.78. The Morgan fingerprint density at radius 3 is 2.62 bits per heavy atom. The third-order valence-corrected chi connectivity index (χ3v) is 2.63. The van der Waals surface area contributed by atoms with Crippen molar-refractivity contribution in [2.24, 2.45) is 5.73 Å². The molecule has 0 aliphatic heterocycles. The van der Waals surface area contributed by atoms with E-state index in [-0.39, 0.29) is 0 Å². The summed E-state index contributed by atoms with van der Waals surface area (Å²) in [7, 11) is 3.42. The molecule has 0 amide bonds. The number of hydrogen-bond donors (Lipinski definition) is 1. The number of benzene rings is 1. The molecule has 0 fully saturated rings. The Hall–Kier alpha value is -1.06. The lowest BCUT2D eigenvalue weighted by Gasteiger charge is -2.13. The molecule has 2 N–H and O–H groups in total. The van der Waals surface area contributed by atoms with Gasteiger partial charge >= 0.3 is 0 Å². The Morgan fingerprint density at radius 2 is 2.00 bits per heavy atom. The lowest BCUT2D eigenvalue weighted by molar-refractivity contribution is 0.183. The smallest absolute Gasteiger partial charge is 0.122 e. The number of hydrogen-bond acceptors (Lipinski definition) is 3. The van der Waals surface area contributed by atoms with Gasteiger partial charge in [0.1, 0.15) is 5.75 Å². The Bertz CT molecular complexity index is 313. The van der Waals surface area contributed by atoms with Crippen molar-refractivity contribution in [1.82, 2.24) is 0 Å². The molecular weight excluding hydrogens is 202 g/mol. The van der Waals surface area contributed by atoms with Gasteiger partial charge in [-0.3, -0.25) is 0 Å². The summed E-state index contributed by atoms with van der Waals surface area (Å²) in [6.45, 7) is 1.38. The molecule has 3 heteroatoms. The van der Waals surface area contributed by atoms with E-state index in [1.165, 1.54) is 11.1 Å². The molecule has 3 nitrogen and oxygen atoms in total. The fourth-order valence-corrected chi connectivity index (χ4v) is 1.82. The van der Waals surface area contributed by atoms with Gasteiger partial charge in [0, 0.05) is 7.11 Å². The average molecular weight is 223 g/mol. The van der Waals surface area contributed by atoms with Crippen molar-refractivity contribution in [1.29, 1.82) is 0 Å². The normalized spacial score (nSPS) is 10.4. The first kappa shape index (κ1) is 13.0. The van der Waals surface area contributed by atoms with Gasteiger partial charge in [-0.25, -0.2) is 0 Å². The van der Waals surface area contributed by atoms with Crippen LogP contribution in [0.15, 0.2) is 18.2 Å². The largest absolute Gasteiger partial charge is 0.496 e. The number of unbranched alkanes of at least 4 members (excludes halogenated alkanes) is 1. The van der Waals surface area contributed by atoms with Crippen LogP contribution in [0.4, 0.5) is 0 Å². The van der Waals surface area contributed by atoms with Gasteiger partial charge in [0.25, 0.3) is 0 Å². The van der Waals surface area contributed by atoms with Crippen molar-refractivity contribution in [2.75, 3.05) is 20.8 Å². The summed E-state index contributed by atoms with van der Waals surface area (Å²) in [5.74, 6) is 0.951. The van der Waals surface area contributed by atoms with Crippen LogP contribution in [-0.4, -0.2) is 20.8 Å². The number of methoxy groups -OCH3 is 2. The molecule has 16 heavy (non-hydrogen) atoms. The molecule has 1 aromatic carbocycles. The van der Waals surface area contributed by atoms with Crippen LogP contribution in [0, 0.1) is 0 Å². The van der Waals surface area contributed by atoms with E-state index in [0.29, 0.717) is 6.61 Å². The highest BCUT2D eigenvalue weighted by Crippen LogP contribution is 2.24. The lowest BCUT2D eigenvalue weighted by Crippen LogP contribution is -2.03. The molecule has 0 atom stereocenters. The third kappa shape index (κ3) is 3.51. The second-order valence-corrected chi connectivity index (χ2v) is 3.78. The summed E-state index contributed by atoms with van der Waals surface area (Å²) >= 11 is 0. The molecule has 1 aromatic rings. The molecule has 0 aromatic heterocycles. The van der Waals surface area contributed by atoms with Gasteiger partial charge < -0.3 is 15.2 Å². The summed E-state index contributed by atoms with van der Waals surface area (Å²) in [4.78, 5) is 0. The van der Waals surface area contributed by atoms with E-state index in [1.54, 1.807) is 14.2 Å². The molecule has 0 spiro atoms. The molecular formula is C13H21NO2. The van der Waals surface area contributed by atoms with E-state index in [4.69, 9.17) is 15.2 Å². The summed E-state index contributed by atoms with van der Waals surface area (Å²) < 4.78 is 10.6. The summed E-state index contributed by atoms with van der Waals surface area (Å²) in [5.41, 5.74) is 7.96. The molecule has 0 bridgehead atoms. The molecule has 0 unspecified atom stereocenters. The molecule has 0 saturated heterocycles. The Kier molecular flexibility index (Phi) is 5.90. The van der Waals surface area contributed by atoms with Crippen LogP contribution in [0.1, 0.15) is 24.0 Å². The van der Waals surface area contributed by atoms with Gasteiger partial charge in [-0.2, -0.15) is 0 Å². The fourth-order valence-electron chi connectivity index (χ4n) is 1.82. The highest BCUT2D eigenvalue weighted by atomic mass is 16.5. The SMILES string of the molecule is COCc1cccc(OC)c1CCCCN. The van der Waals surface area contributed by atoms with Crippen molar-refractivity contribution in [2.45, 2.75) is 25.9 Å². The second kappa shape index (κ2) is 7.25. The van der Waals surface area contributed by atoms with Gasteiger partial charge in [-0.1, -0.05) is 12.1 Å². The topological polar surface area (TPSA) is 44.5 Å². The van der Waals surface area contributed by atoms with Crippen molar-refractivity contribution in [3.63, 3.8) is 0 Å². The zero-order valence-corrected chi connectivity index (χ0v) is 10.2. The first-order chi connectivity index (χ1) is 7.83. The molecule has 1 rings (SSSR count). The van der Waals surface area contributed by atoms with Crippen LogP contribution in [0.3, 0.4) is 0 Å². The molecule has 0 saturated carbocycles. The van der Waals surface area contributed by atoms with Gasteiger partial charge in [0.05, 0.1) is 13.7 Å². The number of nitrogens with two attached hydrogens (primary N) is 1. The Balaban J connectivity index is 2.81. The van der Waals surface area contributed by atoms with E-state index in [9.17, 15) is 0 Å². The predicted octanol–water partition coefficient (Wildman–Crippen LogP) is 2.12. The minimum Gasteiger partial charge on any atom is -0.496 e. The molecule has 0 heterocycles. The fraction of sp³-hybridized carbons (Fsp3) is 0.538. The van der Waals surface area contributed by atoms with Crippen LogP contribution in [-0.2, 0) is 17.8 Å². The van der Waals surface area contributed by atoms with E-state index in [2.05, 4.69) is 6.07 Å². The van der Waals surface area contributed by atoms with Crippen molar-refractivity contribution < 1.29 is 9.47 Å². The minimum absolute atomic E-state index is 0.634. The number of rotatable bonds is 7. The maximum atomic E-state index is 5.50. The average Bonchev–Trinajstić information content (AvgIpc) is 2.31. The molecule has 0 aliphatic rings. The zero-order chi connectivity index (χ0) is 11.8. The first-order valence-electron chi connectivity index (χ1n) is 5.67. The lowest BCUT2D eigenvalue weighted by atomic mass is 10.0. The van der Waals surface area contributed by atoms with Crippen molar-refractivity contribution in [3.8, 4) is 5.75 Å². The maximum Gasteiger partial charge on any atom is 0.122 e. The van der Waals surface area contributed by atoms with Gasteiger partial charge in [0.15, 0.2) is 0 Å². The monoisotopic (exact) mass is 223 g/mol. The van der Waals surface area contributed by atoms with Crippen LogP contribution in [0.2, 0.25) is 0 Å². The van der Waals surface area contributed by atoms with Crippen molar-refractivity contribution in [3.05, 3.63) is 29.3 Å². The third-order valence-electron chi connectivity index (χ3n) is 2.63. The zero-order valence-electron chi connectivity index (χ0n) is 10.2. The summed E-state index contributed by atoms with van der Waals surface area (Å²) in [6.07, 6.45) is 3.14. The Labute approximate surface area is 97.6 Å². The number of ether oxygens (including phenoxy) is 2. The van der Waals surface area contributed by atoms with Crippen LogP contribution >= 0.6 is 0 Å². The highest BCUT2D eigenvalue weighted by Gasteiger charge is 2.08. The van der Waals surface area contributed by atoms with Gasteiger partial charge in [-0.15, -0.1) is 0 Å². The van der Waals surface area contributed by atoms with Crippen LogP contribution in [0.5, 0.6) is 5.75 Å². The highest BCUT2D eigenvalue weighted by molar-refractivity contribution is 5.40. The van der Waals surface area contributed by atoms with Gasteiger partial charge in [-0.05, 0) is 43.0 Å². The van der Waals surface area contributed by atoms with Crippen molar-refractivity contribution >= 4 is 0 Å². The molecule has 90 valence electrons. The van der Waals surface area contributed by atoms with E-state index in [1.807, 2.05) is 12.1 Å². The standard InChI is InChI=1S/C13H21NO2/c1-15-10-11-6-5-8-13(16-2)12(11)7-3-4-9-14/h5-6,8H,3-4,7,9-10,14H2,1-2H3. The quantitative estimate of drug-likeness (QED) is 0.720. The van der Waals surface area contributed by atoms with Gasteiger partial charge in [0.2, 0.25) is 0 Å². The van der Waals surface area contributed by atoms with Crippen LogP contribution in [0.25, 0.3) is 0 Å². The van der Waals surface area contributed by atoms with E-state index >= 15 is 0 Å². The summed E-state index contributed by atoms with van der Waals surface area (Å²) in [5, 5.41) is 0. The predicted molar refractivity (Wildman–Crippen MR) is 65.7 cm³/mol. The van der Waals surface area contributed by atoms with E-state index < -0.39 is 0 Å². The summed E-state index contributed by atoms with van der Waals surface area (Å²) in [6, 6.07) is 6.08. The Morgan fingerprint density at radius 1 is 1.19 bits per heavy atom. The molecule has 0 aliphatic carbocycles. The minimum atomic E-state index is 0.634. The van der Waals surface area contributed by atoms with E-state index in [0.717, 1.165) is 31.6 Å². The van der Waals surface area contributed by atoms with Crippen LogP contribution < -0.4 is 10.5 Å². The maximum absolute atomic E-state index is 5.50. The first-order valence-corrected chi connectivity index (χ1v) is 5.67.